The van der Waals surface area contributed by atoms with Crippen molar-refractivity contribution in [3.63, 3.8) is 0 Å². The standard InChI is InChI=1S/C22H25N3O4/c1-29-19-10-2-15(3-11-19)14-20(26)23-12-13-24-21(27)16-6-8-18(9-7-16)25-22(28)17-4-5-17/h2-3,6-11,17H,4-5,12-14H2,1H3,(H,23,26)(H,24,27)(H,25,28). The predicted molar refractivity (Wildman–Crippen MR) is 110 cm³/mol. The van der Waals surface area contributed by atoms with Gasteiger partial charge in [0.2, 0.25) is 11.8 Å². The highest BCUT2D eigenvalue weighted by Gasteiger charge is 2.29. The first-order valence-corrected chi connectivity index (χ1v) is 9.64. The van der Waals surface area contributed by atoms with Crippen LogP contribution in [0.4, 0.5) is 5.69 Å². The minimum atomic E-state index is -0.227. The summed E-state index contributed by atoms with van der Waals surface area (Å²) >= 11 is 0. The molecule has 152 valence electrons. The lowest BCUT2D eigenvalue weighted by molar-refractivity contribution is -0.120. The van der Waals surface area contributed by atoms with E-state index in [0.717, 1.165) is 24.2 Å². The van der Waals surface area contributed by atoms with Gasteiger partial charge in [0.15, 0.2) is 0 Å². The lowest BCUT2D eigenvalue weighted by atomic mass is 10.1. The number of benzene rings is 2. The van der Waals surface area contributed by atoms with Gasteiger partial charge in [-0.15, -0.1) is 0 Å². The molecule has 2 aromatic rings. The molecule has 0 saturated heterocycles. The Labute approximate surface area is 169 Å². The van der Waals surface area contributed by atoms with E-state index >= 15 is 0 Å². The number of carbonyl (C=O) groups is 3. The average Bonchev–Trinajstić information content (AvgIpc) is 3.58. The second-order valence-electron chi connectivity index (χ2n) is 6.97. The fourth-order valence-electron chi connectivity index (χ4n) is 2.77. The van der Waals surface area contributed by atoms with E-state index in [1.165, 1.54) is 0 Å². The molecule has 7 nitrogen and oxygen atoms in total. The van der Waals surface area contributed by atoms with Crippen LogP contribution in [0.2, 0.25) is 0 Å². The fourth-order valence-corrected chi connectivity index (χ4v) is 2.77. The van der Waals surface area contributed by atoms with Gasteiger partial charge < -0.3 is 20.7 Å². The van der Waals surface area contributed by atoms with Gasteiger partial charge in [0, 0.05) is 30.3 Å². The predicted octanol–water partition coefficient (Wildman–Crippen LogP) is 2.13. The molecule has 0 aromatic heterocycles. The Hall–Kier alpha value is -3.35. The summed E-state index contributed by atoms with van der Waals surface area (Å²) in [5.74, 6) is 0.579. The van der Waals surface area contributed by atoms with Crippen molar-refractivity contribution in [2.24, 2.45) is 5.92 Å². The van der Waals surface area contributed by atoms with Crippen molar-refractivity contribution in [2.45, 2.75) is 19.3 Å². The Morgan fingerprint density at radius 2 is 1.59 bits per heavy atom. The molecule has 0 heterocycles. The molecule has 1 saturated carbocycles. The third-order valence-corrected chi connectivity index (χ3v) is 4.62. The molecule has 0 unspecified atom stereocenters. The molecule has 0 atom stereocenters. The SMILES string of the molecule is COc1ccc(CC(=O)NCCNC(=O)c2ccc(NC(=O)C3CC3)cc2)cc1. The van der Waals surface area contributed by atoms with Gasteiger partial charge in [-0.1, -0.05) is 12.1 Å². The number of methoxy groups -OCH3 is 1. The van der Waals surface area contributed by atoms with Crippen molar-refractivity contribution in [2.75, 3.05) is 25.5 Å². The first kappa shape index (κ1) is 20.4. The van der Waals surface area contributed by atoms with Crippen LogP contribution < -0.4 is 20.7 Å². The lowest BCUT2D eigenvalue weighted by Gasteiger charge is -2.09. The maximum atomic E-state index is 12.2. The first-order valence-electron chi connectivity index (χ1n) is 9.64. The molecule has 1 fully saturated rings. The van der Waals surface area contributed by atoms with Gasteiger partial charge in [-0.05, 0) is 54.8 Å². The van der Waals surface area contributed by atoms with Crippen LogP contribution in [-0.2, 0) is 16.0 Å². The summed E-state index contributed by atoms with van der Waals surface area (Å²) in [5.41, 5.74) is 2.07. The molecule has 0 spiro atoms. The number of nitrogens with one attached hydrogen (secondary N) is 3. The van der Waals surface area contributed by atoms with Gasteiger partial charge in [0.1, 0.15) is 5.75 Å². The maximum Gasteiger partial charge on any atom is 0.251 e. The summed E-state index contributed by atoms with van der Waals surface area (Å²) in [6.45, 7) is 0.670. The summed E-state index contributed by atoms with van der Waals surface area (Å²) in [5, 5.41) is 8.38. The van der Waals surface area contributed by atoms with Gasteiger partial charge in [-0.2, -0.15) is 0 Å². The summed E-state index contributed by atoms with van der Waals surface area (Å²) in [4.78, 5) is 35.9. The molecule has 1 aliphatic carbocycles. The van der Waals surface area contributed by atoms with E-state index in [0.29, 0.717) is 24.3 Å². The second-order valence-corrected chi connectivity index (χ2v) is 6.97. The van der Waals surface area contributed by atoms with E-state index in [9.17, 15) is 14.4 Å². The smallest absolute Gasteiger partial charge is 0.251 e. The Morgan fingerprint density at radius 3 is 2.21 bits per heavy atom. The van der Waals surface area contributed by atoms with Crippen molar-refractivity contribution >= 4 is 23.4 Å². The van der Waals surface area contributed by atoms with Crippen LogP contribution in [0, 0.1) is 5.92 Å². The lowest BCUT2D eigenvalue weighted by Crippen LogP contribution is -2.35. The molecule has 2 aromatic carbocycles. The van der Waals surface area contributed by atoms with E-state index in [-0.39, 0.29) is 30.1 Å². The number of hydrogen-bond donors (Lipinski definition) is 3. The Balaban J connectivity index is 1.35. The minimum Gasteiger partial charge on any atom is -0.497 e. The number of amides is 3. The normalized spacial score (nSPS) is 12.7. The van der Waals surface area contributed by atoms with Crippen LogP contribution in [0.25, 0.3) is 0 Å². The van der Waals surface area contributed by atoms with E-state index < -0.39 is 0 Å². The van der Waals surface area contributed by atoms with Gasteiger partial charge in [-0.3, -0.25) is 14.4 Å². The maximum absolute atomic E-state index is 12.2. The second kappa shape index (κ2) is 9.73. The van der Waals surface area contributed by atoms with Crippen molar-refractivity contribution in [3.8, 4) is 5.75 Å². The minimum absolute atomic E-state index is 0.0348. The highest BCUT2D eigenvalue weighted by molar-refractivity contribution is 5.96. The van der Waals surface area contributed by atoms with Crippen molar-refractivity contribution in [1.82, 2.24) is 10.6 Å². The van der Waals surface area contributed by atoms with Gasteiger partial charge in [0.05, 0.1) is 13.5 Å². The summed E-state index contributed by atoms with van der Waals surface area (Å²) < 4.78 is 5.09. The molecular formula is C22H25N3O4. The Bertz CT molecular complexity index is 859. The third-order valence-electron chi connectivity index (χ3n) is 4.62. The zero-order valence-electron chi connectivity index (χ0n) is 16.4. The van der Waals surface area contributed by atoms with E-state index in [4.69, 9.17) is 4.74 Å². The molecule has 0 bridgehead atoms. The average molecular weight is 395 g/mol. The van der Waals surface area contributed by atoms with Gasteiger partial charge >= 0.3 is 0 Å². The summed E-state index contributed by atoms with van der Waals surface area (Å²) in [7, 11) is 1.59. The number of rotatable bonds is 9. The van der Waals surface area contributed by atoms with E-state index in [1.54, 1.807) is 31.4 Å². The Morgan fingerprint density at radius 1 is 0.931 bits per heavy atom. The summed E-state index contributed by atoms with van der Waals surface area (Å²) in [6.07, 6.45) is 2.16. The molecule has 3 amide bonds. The molecule has 1 aliphatic rings. The molecule has 0 radical (unpaired) electrons. The van der Waals surface area contributed by atoms with Crippen LogP contribution in [0.3, 0.4) is 0 Å². The number of hydrogen-bond acceptors (Lipinski definition) is 4. The van der Waals surface area contributed by atoms with E-state index in [1.807, 2.05) is 24.3 Å². The van der Waals surface area contributed by atoms with Crippen molar-refractivity contribution < 1.29 is 19.1 Å². The molecule has 29 heavy (non-hydrogen) atoms. The highest BCUT2D eigenvalue weighted by atomic mass is 16.5. The molecule has 7 heteroatoms. The first-order chi connectivity index (χ1) is 14.0. The van der Waals surface area contributed by atoms with Gasteiger partial charge in [0.25, 0.3) is 5.91 Å². The number of ether oxygens (including phenoxy) is 1. The molecule has 3 N–H and O–H groups in total. The van der Waals surface area contributed by atoms with Crippen LogP contribution in [0.15, 0.2) is 48.5 Å². The van der Waals surface area contributed by atoms with Gasteiger partial charge in [-0.25, -0.2) is 0 Å². The Kier molecular flexibility index (Phi) is 6.84. The quantitative estimate of drug-likeness (QED) is 0.567. The molecule has 3 rings (SSSR count). The van der Waals surface area contributed by atoms with Crippen molar-refractivity contribution in [3.05, 3.63) is 59.7 Å². The zero-order chi connectivity index (χ0) is 20.6. The number of carbonyl (C=O) groups excluding carboxylic acids is 3. The highest BCUT2D eigenvalue weighted by Crippen LogP contribution is 2.30. The fraction of sp³-hybridized carbons (Fsp3) is 0.318. The third kappa shape index (κ3) is 6.34. The van der Waals surface area contributed by atoms with Crippen LogP contribution in [0.5, 0.6) is 5.75 Å². The summed E-state index contributed by atoms with van der Waals surface area (Å²) in [6, 6.07) is 14.1. The topological polar surface area (TPSA) is 96.5 Å². The van der Waals surface area contributed by atoms with Crippen LogP contribution in [-0.4, -0.2) is 37.9 Å². The molecular weight excluding hydrogens is 370 g/mol. The largest absolute Gasteiger partial charge is 0.497 e. The zero-order valence-corrected chi connectivity index (χ0v) is 16.4. The van der Waals surface area contributed by atoms with Crippen molar-refractivity contribution in [1.29, 1.82) is 0 Å². The monoisotopic (exact) mass is 395 g/mol. The van der Waals surface area contributed by atoms with Crippen LogP contribution in [0.1, 0.15) is 28.8 Å². The molecule has 0 aliphatic heterocycles. The van der Waals surface area contributed by atoms with E-state index in [2.05, 4.69) is 16.0 Å². The number of anilines is 1. The van der Waals surface area contributed by atoms with Crippen LogP contribution >= 0.6 is 0 Å².